The summed E-state index contributed by atoms with van der Waals surface area (Å²) in [7, 11) is 1.64. The Kier molecular flexibility index (Phi) is 9.36. The lowest BCUT2D eigenvalue weighted by atomic mass is 10.1. The number of aryl methyl sites for hydroxylation is 1. The lowest BCUT2D eigenvalue weighted by Crippen LogP contribution is -2.36. The Morgan fingerprint density at radius 2 is 1.51 bits per heavy atom. The Morgan fingerprint density at radius 3 is 2.27 bits per heavy atom. The van der Waals surface area contributed by atoms with E-state index < -0.39 is 0 Å². The first-order valence-electron chi connectivity index (χ1n) is 13.4. The molecule has 0 saturated carbocycles. The van der Waals surface area contributed by atoms with Gasteiger partial charge < -0.3 is 14.5 Å². The average Bonchev–Trinajstić information content (AvgIpc) is 2.93. The smallest absolute Gasteiger partial charge is 0.254 e. The molecule has 0 unspecified atom stereocenters. The highest BCUT2D eigenvalue weighted by Crippen LogP contribution is 2.26. The summed E-state index contributed by atoms with van der Waals surface area (Å²) in [6.07, 6.45) is 6.75. The minimum absolute atomic E-state index is 0.0407. The third-order valence-corrected chi connectivity index (χ3v) is 7.08. The van der Waals surface area contributed by atoms with Crippen molar-refractivity contribution in [2.24, 2.45) is 0 Å². The standard InChI is InChI=1S/C32H38N2O3/c1-25-16-18-27(19-17-25)32(36)33-20-9-5-3-4-6-10-21-34(30-15-8-7-13-28(30)24-33)31(35)23-26-12-11-14-29(22-26)37-2/h7-8,11-19,22H,3-6,9-10,20-21,23-24H2,1-2H3. The van der Waals surface area contributed by atoms with Gasteiger partial charge in [-0.3, -0.25) is 9.59 Å². The number of fused-ring (bicyclic) bond motifs is 1. The summed E-state index contributed by atoms with van der Waals surface area (Å²) >= 11 is 0. The number of amides is 2. The van der Waals surface area contributed by atoms with Gasteiger partial charge in [-0.25, -0.2) is 0 Å². The van der Waals surface area contributed by atoms with Crippen molar-refractivity contribution in [2.45, 2.75) is 58.4 Å². The molecule has 5 heteroatoms. The van der Waals surface area contributed by atoms with Crippen molar-refractivity contribution in [3.8, 4) is 5.75 Å². The predicted molar refractivity (Wildman–Crippen MR) is 149 cm³/mol. The molecule has 4 rings (SSSR count). The molecule has 3 aromatic rings. The van der Waals surface area contributed by atoms with Crippen molar-refractivity contribution < 1.29 is 14.3 Å². The Labute approximate surface area is 221 Å². The number of methoxy groups -OCH3 is 1. The molecular formula is C32H38N2O3. The van der Waals surface area contributed by atoms with Gasteiger partial charge in [-0.1, -0.05) is 73.7 Å². The fourth-order valence-electron chi connectivity index (χ4n) is 4.96. The monoisotopic (exact) mass is 498 g/mol. The maximum atomic E-state index is 13.7. The molecule has 1 heterocycles. The van der Waals surface area contributed by atoms with Crippen LogP contribution in [0.5, 0.6) is 5.75 Å². The first kappa shape index (κ1) is 26.5. The predicted octanol–water partition coefficient (Wildman–Crippen LogP) is 6.58. The third-order valence-electron chi connectivity index (χ3n) is 7.08. The first-order chi connectivity index (χ1) is 18.0. The Morgan fingerprint density at radius 1 is 0.811 bits per heavy atom. The first-order valence-corrected chi connectivity index (χ1v) is 13.4. The summed E-state index contributed by atoms with van der Waals surface area (Å²) in [5.41, 5.74) is 4.67. The summed E-state index contributed by atoms with van der Waals surface area (Å²) in [6, 6.07) is 23.5. The van der Waals surface area contributed by atoms with Crippen LogP contribution in [0.25, 0.3) is 0 Å². The second-order valence-electron chi connectivity index (χ2n) is 9.92. The molecule has 0 fully saturated rings. The molecule has 2 amide bonds. The van der Waals surface area contributed by atoms with Crippen LogP contribution in [0.15, 0.2) is 72.8 Å². The quantitative estimate of drug-likeness (QED) is 0.408. The van der Waals surface area contributed by atoms with Crippen LogP contribution in [0.3, 0.4) is 0 Å². The van der Waals surface area contributed by atoms with Gasteiger partial charge in [-0.05, 0) is 61.2 Å². The number of nitrogens with zero attached hydrogens (tertiary/aromatic N) is 2. The van der Waals surface area contributed by atoms with Crippen molar-refractivity contribution >= 4 is 17.5 Å². The van der Waals surface area contributed by atoms with E-state index in [0.29, 0.717) is 31.6 Å². The second kappa shape index (κ2) is 13.1. The summed E-state index contributed by atoms with van der Waals surface area (Å²) in [4.78, 5) is 31.1. The molecular weight excluding hydrogens is 460 g/mol. The highest BCUT2D eigenvalue weighted by Gasteiger charge is 2.23. The molecule has 0 spiro atoms. The van der Waals surface area contributed by atoms with E-state index >= 15 is 0 Å². The summed E-state index contributed by atoms with van der Waals surface area (Å²) in [5.74, 6) is 0.854. The average molecular weight is 499 g/mol. The van der Waals surface area contributed by atoms with Gasteiger partial charge in [0, 0.05) is 30.9 Å². The summed E-state index contributed by atoms with van der Waals surface area (Å²) in [6.45, 7) is 3.89. The number of rotatable bonds is 4. The number of carbonyl (C=O) groups excluding carboxylic acids is 2. The van der Waals surface area contributed by atoms with Gasteiger partial charge in [0.15, 0.2) is 0 Å². The second-order valence-corrected chi connectivity index (χ2v) is 9.92. The zero-order valence-corrected chi connectivity index (χ0v) is 22.1. The van der Waals surface area contributed by atoms with Crippen LogP contribution < -0.4 is 9.64 Å². The number of carbonyl (C=O) groups is 2. The molecule has 3 aromatic carbocycles. The molecule has 1 aliphatic rings. The van der Waals surface area contributed by atoms with Crippen LogP contribution in [0.4, 0.5) is 5.69 Å². The van der Waals surface area contributed by atoms with Crippen LogP contribution in [-0.4, -0.2) is 36.9 Å². The van der Waals surface area contributed by atoms with Gasteiger partial charge in [-0.2, -0.15) is 0 Å². The lowest BCUT2D eigenvalue weighted by Gasteiger charge is -2.29. The van der Waals surface area contributed by atoms with Crippen molar-refractivity contribution in [1.29, 1.82) is 0 Å². The van der Waals surface area contributed by atoms with E-state index in [4.69, 9.17) is 4.74 Å². The Hall–Kier alpha value is -3.60. The molecule has 0 aliphatic carbocycles. The zero-order valence-electron chi connectivity index (χ0n) is 22.1. The van der Waals surface area contributed by atoms with Gasteiger partial charge in [0.2, 0.25) is 5.91 Å². The third kappa shape index (κ3) is 7.22. The largest absolute Gasteiger partial charge is 0.497 e. The van der Waals surface area contributed by atoms with Crippen molar-refractivity contribution in [3.05, 3.63) is 95.1 Å². The van der Waals surface area contributed by atoms with Crippen LogP contribution in [0.2, 0.25) is 0 Å². The summed E-state index contributed by atoms with van der Waals surface area (Å²) < 4.78 is 5.36. The SMILES string of the molecule is COc1cccc(CC(=O)N2CCCCCCCCN(C(=O)c3ccc(C)cc3)Cc3ccccc32)c1. The van der Waals surface area contributed by atoms with E-state index in [1.54, 1.807) is 7.11 Å². The van der Waals surface area contributed by atoms with E-state index in [1.165, 1.54) is 0 Å². The van der Waals surface area contributed by atoms with Crippen LogP contribution >= 0.6 is 0 Å². The number of ether oxygens (including phenoxy) is 1. The molecule has 5 nitrogen and oxygen atoms in total. The number of benzene rings is 3. The Bertz CT molecular complexity index is 1190. The van der Waals surface area contributed by atoms with Gasteiger partial charge in [-0.15, -0.1) is 0 Å². The fourth-order valence-corrected chi connectivity index (χ4v) is 4.96. The van der Waals surface area contributed by atoms with Gasteiger partial charge in [0.1, 0.15) is 5.75 Å². The van der Waals surface area contributed by atoms with Crippen LogP contribution in [-0.2, 0) is 17.8 Å². The van der Waals surface area contributed by atoms with Crippen molar-refractivity contribution in [2.75, 3.05) is 25.1 Å². The van der Waals surface area contributed by atoms with Crippen LogP contribution in [0.1, 0.15) is 65.6 Å². The van der Waals surface area contributed by atoms with Crippen molar-refractivity contribution in [1.82, 2.24) is 4.90 Å². The molecule has 0 atom stereocenters. The zero-order chi connectivity index (χ0) is 26.0. The minimum Gasteiger partial charge on any atom is -0.497 e. The molecule has 0 radical (unpaired) electrons. The molecule has 37 heavy (non-hydrogen) atoms. The molecule has 0 bridgehead atoms. The van der Waals surface area contributed by atoms with Gasteiger partial charge >= 0.3 is 0 Å². The topological polar surface area (TPSA) is 49.9 Å². The van der Waals surface area contributed by atoms with E-state index in [1.807, 2.05) is 83.5 Å². The normalized spacial score (nSPS) is 15.1. The summed E-state index contributed by atoms with van der Waals surface area (Å²) in [5, 5.41) is 0. The highest BCUT2D eigenvalue weighted by atomic mass is 16.5. The number of anilines is 1. The van der Waals surface area contributed by atoms with Gasteiger partial charge in [0.05, 0.1) is 13.5 Å². The van der Waals surface area contributed by atoms with Gasteiger partial charge in [0.25, 0.3) is 5.91 Å². The molecule has 1 aliphatic heterocycles. The fraction of sp³-hybridized carbons (Fsp3) is 0.375. The molecule has 194 valence electrons. The van der Waals surface area contributed by atoms with Crippen molar-refractivity contribution in [3.63, 3.8) is 0 Å². The maximum absolute atomic E-state index is 13.7. The molecule has 0 N–H and O–H groups in total. The van der Waals surface area contributed by atoms with E-state index in [0.717, 1.165) is 66.7 Å². The lowest BCUT2D eigenvalue weighted by molar-refractivity contribution is -0.118. The number of hydrogen-bond acceptors (Lipinski definition) is 3. The van der Waals surface area contributed by atoms with Crippen LogP contribution in [0, 0.1) is 6.92 Å². The number of para-hydroxylation sites is 1. The maximum Gasteiger partial charge on any atom is 0.254 e. The number of hydrogen-bond donors (Lipinski definition) is 0. The Balaban J connectivity index is 1.64. The molecule has 0 aromatic heterocycles. The highest BCUT2D eigenvalue weighted by molar-refractivity contribution is 5.96. The van der Waals surface area contributed by atoms with E-state index in [2.05, 4.69) is 6.07 Å². The molecule has 0 saturated heterocycles. The van der Waals surface area contributed by atoms with E-state index in [-0.39, 0.29) is 11.8 Å². The van der Waals surface area contributed by atoms with E-state index in [9.17, 15) is 9.59 Å². The minimum atomic E-state index is 0.0407.